The zero-order valence-electron chi connectivity index (χ0n) is 11.9. The standard InChI is InChI=1S/C15H22N4/c1-12(2)19-15(17-11-18-19)10-16-13(3)9-14-7-5-4-6-8-14/h4-8,11-13,16H,9-10H2,1-3H3. The fraction of sp³-hybridized carbons (Fsp3) is 0.467. The van der Waals surface area contributed by atoms with E-state index < -0.39 is 0 Å². The molecule has 0 radical (unpaired) electrons. The van der Waals surface area contributed by atoms with Crippen molar-refractivity contribution in [2.75, 3.05) is 0 Å². The Labute approximate surface area is 114 Å². The van der Waals surface area contributed by atoms with Gasteiger partial charge in [-0.25, -0.2) is 9.67 Å². The normalized spacial score (nSPS) is 12.8. The van der Waals surface area contributed by atoms with E-state index in [0.717, 1.165) is 18.8 Å². The largest absolute Gasteiger partial charge is 0.307 e. The SMILES string of the molecule is CC(Cc1ccccc1)NCc1ncnn1C(C)C. The van der Waals surface area contributed by atoms with E-state index in [1.807, 2.05) is 10.7 Å². The maximum Gasteiger partial charge on any atom is 0.141 e. The smallest absolute Gasteiger partial charge is 0.141 e. The molecule has 0 fully saturated rings. The summed E-state index contributed by atoms with van der Waals surface area (Å²) in [4.78, 5) is 4.31. The van der Waals surface area contributed by atoms with Gasteiger partial charge in [-0.05, 0) is 32.8 Å². The Morgan fingerprint density at radius 3 is 2.58 bits per heavy atom. The number of hydrogen-bond acceptors (Lipinski definition) is 3. The second-order valence-corrected chi connectivity index (χ2v) is 5.19. The van der Waals surface area contributed by atoms with Crippen LogP contribution in [-0.2, 0) is 13.0 Å². The van der Waals surface area contributed by atoms with Crippen molar-refractivity contribution in [3.63, 3.8) is 0 Å². The first kappa shape index (κ1) is 13.7. The Kier molecular flexibility index (Phi) is 4.68. The number of rotatable bonds is 6. The highest BCUT2D eigenvalue weighted by molar-refractivity contribution is 5.15. The van der Waals surface area contributed by atoms with Crippen LogP contribution >= 0.6 is 0 Å². The maximum atomic E-state index is 4.31. The summed E-state index contributed by atoms with van der Waals surface area (Å²) >= 11 is 0. The van der Waals surface area contributed by atoms with Gasteiger partial charge in [-0.3, -0.25) is 0 Å². The highest BCUT2D eigenvalue weighted by atomic mass is 15.4. The molecule has 1 aromatic carbocycles. The van der Waals surface area contributed by atoms with Crippen molar-refractivity contribution < 1.29 is 0 Å². The fourth-order valence-electron chi connectivity index (χ4n) is 2.14. The lowest BCUT2D eigenvalue weighted by molar-refractivity contribution is 0.467. The van der Waals surface area contributed by atoms with Crippen molar-refractivity contribution in [2.45, 2.75) is 45.8 Å². The minimum Gasteiger partial charge on any atom is -0.307 e. The lowest BCUT2D eigenvalue weighted by atomic mass is 10.1. The molecule has 2 aromatic rings. The molecule has 0 saturated heterocycles. The van der Waals surface area contributed by atoms with Crippen molar-refractivity contribution in [1.82, 2.24) is 20.1 Å². The summed E-state index contributed by atoms with van der Waals surface area (Å²) in [6.45, 7) is 7.19. The highest BCUT2D eigenvalue weighted by Gasteiger charge is 2.09. The summed E-state index contributed by atoms with van der Waals surface area (Å²) in [6, 6.07) is 11.3. The van der Waals surface area contributed by atoms with E-state index in [1.165, 1.54) is 5.56 Å². The Morgan fingerprint density at radius 2 is 1.89 bits per heavy atom. The van der Waals surface area contributed by atoms with Crippen LogP contribution in [0.25, 0.3) is 0 Å². The lowest BCUT2D eigenvalue weighted by Gasteiger charge is -2.15. The number of benzene rings is 1. The molecule has 1 heterocycles. The first-order valence-electron chi connectivity index (χ1n) is 6.82. The number of nitrogens with zero attached hydrogens (tertiary/aromatic N) is 3. The number of aromatic nitrogens is 3. The second-order valence-electron chi connectivity index (χ2n) is 5.19. The van der Waals surface area contributed by atoms with Crippen molar-refractivity contribution in [3.05, 3.63) is 48.0 Å². The van der Waals surface area contributed by atoms with E-state index in [0.29, 0.717) is 12.1 Å². The first-order chi connectivity index (χ1) is 9.16. The molecule has 0 amide bonds. The lowest BCUT2D eigenvalue weighted by Crippen LogP contribution is -2.29. The summed E-state index contributed by atoms with van der Waals surface area (Å²) in [6.07, 6.45) is 2.65. The van der Waals surface area contributed by atoms with Gasteiger partial charge in [0.05, 0.1) is 6.54 Å². The number of hydrogen-bond donors (Lipinski definition) is 1. The van der Waals surface area contributed by atoms with Gasteiger partial charge in [-0.1, -0.05) is 30.3 Å². The molecule has 1 aromatic heterocycles. The molecule has 0 spiro atoms. The van der Waals surface area contributed by atoms with Gasteiger partial charge in [0, 0.05) is 12.1 Å². The Hall–Kier alpha value is -1.68. The molecule has 0 aliphatic carbocycles. The van der Waals surface area contributed by atoms with E-state index >= 15 is 0 Å². The van der Waals surface area contributed by atoms with E-state index in [9.17, 15) is 0 Å². The van der Waals surface area contributed by atoms with E-state index in [4.69, 9.17) is 0 Å². The van der Waals surface area contributed by atoms with Gasteiger partial charge in [-0.15, -0.1) is 0 Å². The molecule has 0 aliphatic rings. The number of nitrogens with one attached hydrogen (secondary N) is 1. The summed E-state index contributed by atoms with van der Waals surface area (Å²) in [5, 5.41) is 7.75. The van der Waals surface area contributed by atoms with Gasteiger partial charge in [0.25, 0.3) is 0 Å². The predicted octanol–water partition coefficient (Wildman–Crippen LogP) is 2.58. The molecule has 1 unspecified atom stereocenters. The second kappa shape index (κ2) is 6.48. The van der Waals surface area contributed by atoms with Crippen molar-refractivity contribution >= 4 is 0 Å². The minimum atomic E-state index is 0.351. The summed E-state index contributed by atoms with van der Waals surface area (Å²) in [5.41, 5.74) is 1.35. The zero-order chi connectivity index (χ0) is 13.7. The van der Waals surface area contributed by atoms with Crippen LogP contribution in [0.5, 0.6) is 0 Å². The van der Waals surface area contributed by atoms with Gasteiger partial charge in [0.1, 0.15) is 12.2 Å². The van der Waals surface area contributed by atoms with Crippen LogP contribution in [0.3, 0.4) is 0 Å². The fourth-order valence-corrected chi connectivity index (χ4v) is 2.14. The highest BCUT2D eigenvalue weighted by Crippen LogP contribution is 2.06. The molecule has 0 saturated carbocycles. The third-order valence-electron chi connectivity index (χ3n) is 3.13. The monoisotopic (exact) mass is 258 g/mol. The minimum absolute atomic E-state index is 0.351. The van der Waals surface area contributed by atoms with Crippen LogP contribution in [-0.4, -0.2) is 20.8 Å². The molecule has 0 bridgehead atoms. The average molecular weight is 258 g/mol. The third-order valence-corrected chi connectivity index (χ3v) is 3.13. The van der Waals surface area contributed by atoms with Crippen LogP contribution in [0.4, 0.5) is 0 Å². The Morgan fingerprint density at radius 1 is 1.16 bits per heavy atom. The van der Waals surface area contributed by atoms with Gasteiger partial charge in [0.2, 0.25) is 0 Å². The molecule has 0 aliphatic heterocycles. The maximum absolute atomic E-state index is 4.31. The van der Waals surface area contributed by atoms with E-state index in [1.54, 1.807) is 6.33 Å². The summed E-state index contributed by atoms with van der Waals surface area (Å²) in [7, 11) is 0. The predicted molar refractivity (Wildman–Crippen MR) is 76.9 cm³/mol. The topological polar surface area (TPSA) is 42.7 Å². The van der Waals surface area contributed by atoms with Gasteiger partial charge in [-0.2, -0.15) is 5.10 Å². The van der Waals surface area contributed by atoms with Crippen LogP contribution in [0.15, 0.2) is 36.7 Å². The third kappa shape index (κ3) is 3.89. The Bertz CT molecular complexity index is 490. The molecule has 1 N–H and O–H groups in total. The molecule has 2 rings (SSSR count). The first-order valence-corrected chi connectivity index (χ1v) is 6.82. The molecular formula is C15H22N4. The van der Waals surface area contributed by atoms with Gasteiger partial charge >= 0.3 is 0 Å². The molecule has 4 heteroatoms. The van der Waals surface area contributed by atoms with Crippen LogP contribution in [0.1, 0.15) is 38.2 Å². The summed E-state index contributed by atoms with van der Waals surface area (Å²) in [5.74, 6) is 0.995. The van der Waals surface area contributed by atoms with Crippen LogP contribution in [0.2, 0.25) is 0 Å². The Balaban J connectivity index is 1.86. The molecule has 19 heavy (non-hydrogen) atoms. The zero-order valence-corrected chi connectivity index (χ0v) is 11.9. The van der Waals surface area contributed by atoms with Gasteiger partial charge in [0.15, 0.2) is 0 Å². The van der Waals surface area contributed by atoms with Crippen LogP contribution in [0, 0.1) is 0 Å². The van der Waals surface area contributed by atoms with E-state index in [-0.39, 0.29) is 0 Å². The molecule has 1 atom stereocenters. The molecular weight excluding hydrogens is 236 g/mol. The van der Waals surface area contributed by atoms with Crippen molar-refractivity contribution in [1.29, 1.82) is 0 Å². The van der Waals surface area contributed by atoms with Crippen LogP contribution < -0.4 is 5.32 Å². The molecule has 102 valence electrons. The molecule has 4 nitrogen and oxygen atoms in total. The quantitative estimate of drug-likeness (QED) is 0.866. The average Bonchev–Trinajstić information content (AvgIpc) is 2.86. The summed E-state index contributed by atoms with van der Waals surface area (Å²) < 4.78 is 1.96. The van der Waals surface area contributed by atoms with E-state index in [2.05, 4.69) is 60.4 Å². The van der Waals surface area contributed by atoms with Crippen molar-refractivity contribution in [3.8, 4) is 0 Å². The van der Waals surface area contributed by atoms with Gasteiger partial charge < -0.3 is 5.32 Å². The van der Waals surface area contributed by atoms with Crippen molar-refractivity contribution in [2.24, 2.45) is 0 Å².